The molecule has 0 saturated heterocycles. The highest BCUT2D eigenvalue weighted by atomic mass is 32.2. The van der Waals surface area contributed by atoms with E-state index >= 15 is 0 Å². The lowest BCUT2D eigenvalue weighted by atomic mass is 10.2. The van der Waals surface area contributed by atoms with Crippen LogP contribution in [0.25, 0.3) is 10.1 Å². The summed E-state index contributed by atoms with van der Waals surface area (Å²) in [6, 6.07) is 20.3. The van der Waals surface area contributed by atoms with E-state index in [-0.39, 0.29) is 22.0 Å². The molecule has 0 bridgehead atoms. The van der Waals surface area contributed by atoms with Gasteiger partial charge in [-0.1, -0.05) is 36.4 Å². The number of hydrogen-bond acceptors (Lipinski definition) is 8. The summed E-state index contributed by atoms with van der Waals surface area (Å²) in [4.78, 5) is 11.7. The number of carbonyl (C=O) groups is 1. The van der Waals surface area contributed by atoms with Gasteiger partial charge in [0.25, 0.3) is 10.0 Å². The van der Waals surface area contributed by atoms with Crippen LogP contribution in [-0.2, 0) is 26.0 Å². The number of benzene rings is 3. The van der Waals surface area contributed by atoms with Gasteiger partial charge in [-0.05, 0) is 47.9 Å². The minimum atomic E-state index is -4.65. The van der Waals surface area contributed by atoms with E-state index in [0.717, 1.165) is 27.5 Å². The van der Waals surface area contributed by atoms with E-state index in [9.17, 15) is 22.0 Å². The number of sulfonamides is 1. The molecule has 1 unspecified atom stereocenters. The summed E-state index contributed by atoms with van der Waals surface area (Å²) in [5.74, 6) is -0.837. The summed E-state index contributed by atoms with van der Waals surface area (Å²) in [6.07, 6.45) is 0. The normalized spacial score (nSPS) is 12.2. The van der Waals surface area contributed by atoms with Crippen molar-refractivity contribution in [1.82, 2.24) is 0 Å². The van der Waals surface area contributed by atoms with E-state index in [2.05, 4.69) is 0 Å². The van der Waals surface area contributed by atoms with Gasteiger partial charge in [-0.2, -0.15) is 17.2 Å². The second-order valence-corrected chi connectivity index (χ2v) is 10.6. The zero-order valence-electron chi connectivity index (χ0n) is 18.5. The molecule has 0 saturated carbocycles. The Labute approximate surface area is 208 Å². The van der Waals surface area contributed by atoms with Crippen LogP contribution in [0.1, 0.15) is 10.4 Å². The van der Waals surface area contributed by atoms with E-state index in [0.29, 0.717) is 8.83 Å². The quantitative estimate of drug-likeness (QED) is 0.191. The highest BCUT2D eigenvalue weighted by molar-refractivity contribution is 7.94. The Kier molecular flexibility index (Phi) is 7.08. The predicted octanol–water partition coefficient (Wildman–Crippen LogP) is 4.11. The van der Waals surface area contributed by atoms with Gasteiger partial charge in [0.1, 0.15) is 15.6 Å². The molecule has 4 aromatic rings. The van der Waals surface area contributed by atoms with Crippen LogP contribution >= 0.6 is 11.3 Å². The molecule has 1 heterocycles. The average molecular weight is 532 g/mol. The smallest absolute Gasteiger partial charge is 0.337 e. The molecule has 12 heteroatoms. The summed E-state index contributed by atoms with van der Waals surface area (Å²) in [7, 11) is -2.21. The largest absolute Gasteiger partial charge is 0.754 e. The van der Waals surface area contributed by atoms with Gasteiger partial charge in [0.15, 0.2) is 0 Å². The van der Waals surface area contributed by atoms with Crippen LogP contribution < -0.4 is 13.6 Å². The van der Waals surface area contributed by atoms with Crippen molar-refractivity contribution in [3.05, 3.63) is 84.4 Å². The van der Waals surface area contributed by atoms with E-state index < -0.39 is 32.2 Å². The number of hydrazine groups is 1. The number of ether oxygens (including phenoxy) is 2. The zero-order valence-corrected chi connectivity index (χ0v) is 20.9. The Morgan fingerprint density at radius 1 is 0.971 bits per heavy atom. The first kappa shape index (κ1) is 24.7. The Bertz CT molecular complexity index is 1470. The lowest BCUT2D eigenvalue weighted by Gasteiger charge is -2.36. The topological polar surface area (TPSA) is 116 Å². The van der Waals surface area contributed by atoms with E-state index in [1.54, 1.807) is 48.5 Å². The van der Waals surface area contributed by atoms with Crippen molar-refractivity contribution >= 4 is 59.4 Å². The first-order chi connectivity index (χ1) is 16.8. The molecule has 0 aliphatic heterocycles. The fourth-order valence-corrected chi connectivity index (χ4v) is 7.10. The lowest BCUT2D eigenvalue weighted by Crippen LogP contribution is -2.47. The number of hydrogen-bond donors (Lipinski definition) is 0. The van der Waals surface area contributed by atoms with Gasteiger partial charge in [-0.25, -0.2) is 4.79 Å². The molecular weight excluding hydrogens is 512 g/mol. The van der Waals surface area contributed by atoms with Gasteiger partial charge in [0.2, 0.25) is 0 Å². The van der Waals surface area contributed by atoms with E-state index in [1.807, 2.05) is 0 Å². The number of carbonyl (C=O) groups excluding carboxylic acids is 1. The molecule has 0 amide bonds. The summed E-state index contributed by atoms with van der Waals surface area (Å²) in [5, 5.41) is 0.897. The van der Waals surface area contributed by atoms with Crippen LogP contribution in [0.2, 0.25) is 0 Å². The standard InChI is InChI=1S/C23H20N2O7S3/c1-31-19-13-12-17(23(26)32-2)14-21(19)35(29,30)25(18-9-4-3-5-10-18)24(34(27)28)22-15-16-8-6-7-11-20(16)33-22/h3-15H,1-2H3,(H,27,28)/p-1. The van der Waals surface area contributed by atoms with Gasteiger partial charge in [-0.3, -0.25) is 4.21 Å². The fraction of sp³-hybridized carbons (Fsp3) is 0.0870. The Morgan fingerprint density at radius 2 is 1.66 bits per heavy atom. The maximum Gasteiger partial charge on any atom is 0.337 e. The Morgan fingerprint density at radius 3 is 2.29 bits per heavy atom. The molecule has 35 heavy (non-hydrogen) atoms. The Hall–Kier alpha value is -3.45. The molecule has 1 atom stereocenters. The molecule has 4 rings (SSSR count). The number of anilines is 2. The minimum Gasteiger partial charge on any atom is -0.754 e. The maximum atomic E-state index is 14.1. The molecule has 9 nitrogen and oxygen atoms in total. The second kappa shape index (κ2) is 10.0. The molecule has 0 spiro atoms. The van der Waals surface area contributed by atoms with Crippen molar-refractivity contribution in [2.75, 3.05) is 23.0 Å². The van der Waals surface area contributed by atoms with Crippen molar-refractivity contribution < 1.29 is 31.4 Å². The number of methoxy groups -OCH3 is 2. The molecule has 0 aliphatic carbocycles. The van der Waals surface area contributed by atoms with Gasteiger partial charge in [-0.15, -0.1) is 11.3 Å². The highest BCUT2D eigenvalue weighted by Crippen LogP contribution is 2.39. The van der Waals surface area contributed by atoms with Crippen molar-refractivity contribution in [2.45, 2.75) is 4.90 Å². The molecule has 0 N–H and O–H groups in total. The summed E-state index contributed by atoms with van der Waals surface area (Å²) >= 11 is -1.94. The van der Waals surface area contributed by atoms with E-state index in [1.165, 1.54) is 38.5 Å². The summed E-state index contributed by atoms with van der Waals surface area (Å²) in [5.41, 5.74) is 0.0104. The zero-order chi connectivity index (χ0) is 25.2. The van der Waals surface area contributed by atoms with E-state index in [4.69, 9.17) is 9.47 Å². The van der Waals surface area contributed by atoms with Crippen LogP contribution in [0.3, 0.4) is 0 Å². The third-order valence-electron chi connectivity index (χ3n) is 4.97. The van der Waals surface area contributed by atoms with Crippen LogP contribution in [0, 0.1) is 0 Å². The monoisotopic (exact) mass is 531 g/mol. The number of para-hydroxylation sites is 1. The minimum absolute atomic E-state index is 0.0449. The Balaban J connectivity index is 1.98. The van der Waals surface area contributed by atoms with Crippen LogP contribution in [0.5, 0.6) is 5.75 Å². The molecule has 0 fully saturated rings. The van der Waals surface area contributed by atoms with Gasteiger partial charge in [0.05, 0.1) is 36.7 Å². The number of fused-ring (bicyclic) bond motifs is 1. The first-order valence-corrected chi connectivity index (χ1v) is 13.3. The summed E-state index contributed by atoms with van der Waals surface area (Å²) in [6.45, 7) is 0. The maximum absolute atomic E-state index is 14.1. The highest BCUT2D eigenvalue weighted by Gasteiger charge is 2.35. The molecule has 1 aromatic heterocycles. The van der Waals surface area contributed by atoms with Crippen LogP contribution in [0.4, 0.5) is 10.7 Å². The predicted molar refractivity (Wildman–Crippen MR) is 134 cm³/mol. The molecule has 0 radical (unpaired) electrons. The number of esters is 1. The third-order valence-corrected chi connectivity index (χ3v) is 8.63. The first-order valence-electron chi connectivity index (χ1n) is 10.0. The number of nitrogens with zero attached hydrogens (tertiary/aromatic N) is 2. The van der Waals surface area contributed by atoms with Crippen molar-refractivity contribution in [2.24, 2.45) is 0 Å². The summed E-state index contributed by atoms with van der Waals surface area (Å²) < 4.78 is 65.4. The van der Waals surface area contributed by atoms with Crippen molar-refractivity contribution in [3.8, 4) is 5.75 Å². The van der Waals surface area contributed by atoms with Crippen LogP contribution in [-0.4, -0.2) is 37.4 Å². The third kappa shape index (κ3) is 4.73. The van der Waals surface area contributed by atoms with Gasteiger partial charge in [0, 0.05) is 4.70 Å². The van der Waals surface area contributed by atoms with Crippen LogP contribution in [0.15, 0.2) is 83.8 Å². The molecule has 3 aromatic carbocycles. The van der Waals surface area contributed by atoms with Crippen molar-refractivity contribution in [3.63, 3.8) is 0 Å². The van der Waals surface area contributed by atoms with Gasteiger partial charge < -0.3 is 14.0 Å². The second-order valence-electron chi connectivity index (χ2n) is 7.05. The molecule has 182 valence electrons. The molecule has 0 aliphatic rings. The fourth-order valence-electron chi connectivity index (χ4n) is 3.40. The molecular formula is C23H19N2O7S3-. The van der Waals surface area contributed by atoms with Crippen molar-refractivity contribution in [1.29, 1.82) is 0 Å². The SMILES string of the molecule is COC(=O)c1ccc(OC)c(S(=O)(=O)N(c2ccccc2)N(c2cc3ccccc3s2)S(=O)[O-])c1. The lowest BCUT2D eigenvalue weighted by molar-refractivity contribution is 0.0600. The van der Waals surface area contributed by atoms with Gasteiger partial charge >= 0.3 is 5.97 Å². The number of thiophene rings is 1. The number of rotatable bonds is 8. The average Bonchev–Trinajstić information content (AvgIpc) is 3.30.